The van der Waals surface area contributed by atoms with E-state index in [1.807, 2.05) is 24.3 Å². The molecule has 0 amide bonds. The van der Waals surface area contributed by atoms with Crippen LogP contribution in [-0.4, -0.2) is 4.92 Å². The maximum atomic E-state index is 10.6. The van der Waals surface area contributed by atoms with Crippen molar-refractivity contribution in [1.29, 1.82) is 0 Å². The highest BCUT2D eigenvalue weighted by molar-refractivity contribution is 5.59. The first kappa shape index (κ1) is 13.9. The molecule has 2 rings (SSSR count). The SMILES string of the molecule is CC(C)c1ccc(Oc2ccc([N+](=O)[O-])cc2N)cc1. The molecule has 0 saturated heterocycles. The number of nitrogens with two attached hydrogens (primary N) is 1. The standard InChI is InChI=1S/C15H16N2O3/c1-10(2)11-3-6-13(7-4-11)20-15-8-5-12(17(18)19)9-14(15)16/h3-10H,16H2,1-2H3. The summed E-state index contributed by atoms with van der Waals surface area (Å²) in [4.78, 5) is 10.1. The zero-order valence-electron chi connectivity index (χ0n) is 11.4. The molecule has 0 bridgehead atoms. The molecule has 0 aliphatic rings. The van der Waals surface area contributed by atoms with Crippen LogP contribution in [0.15, 0.2) is 42.5 Å². The molecule has 5 nitrogen and oxygen atoms in total. The van der Waals surface area contributed by atoms with Crippen molar-refractivity contribution >= 4 is 11.4 Å². The molecule has 0 radical (unpaired) electrons. The lowest BCUT2D eigenvalue weighted by Crippen LogP contribution is -1.95. The van der Waals surface area contributed by atoms with E-state index in [0.29, 0.717) is 17.4 Å². The van der Waals surface area contributed by atoms with Gasteiger partial charge in [0, 0.05) is 12.1 Å². The number of nitro groups is 1. The van der Waals surface area contributed by atoms with Crippen molar-refractivity contribution < 1.29 is 9.66 Å². The van der Waals surface area contributed by atoms with Gasteiger partial charge in [0.15, 0.2) is 5.75 Å². The Hall–Kier alpha value is -2.56. The van der Waals surface area contributed by atoms with Gasteiger partial charge in [0.1, 0.15) is 5.75 Å². The van der Waals surface area contributed by atoms with Gasteiger partial charge in [-0.15, -0.1) is 0 Å². The van der Waals surface area contributed by atoms with E-state index < -0.39 is 4.92 Å². The summed E-state index contributed by atoms with van der Waals surface area (Å²) in [6.07, 6.45) is 0. The topological polar surface area (TPSA) is 78.4 Å². The Morgan fingerprint density at radius 1 is 1.15 bits per heavy atom. The lowest BCUT2D eigenvalue weighted by molar-refractivity contribution is -0.384. The van der Waals surface area contributed by atoms with Gasteiger partial charge < -0.3 is 10.5 Å². The van der Waals surface area contributed by atoms with Crippen LogP contribution in [0.4, 0.5) is 11.4 Å². The summed E-state index contributed by atoms with van der Waals surface area (Å²) in [5.74, 6) is 1.51. The molecule has 2 aromatic rings. The quantitative estimate of drug-likeness (QED) is 0.516. The summed E-state index contributed by atoms with van der Waals surface area (Å²) in [5.41, 5.74) is 7.16. The summed E-state index contributed by atoms with van der Waals surface area (Å²) in [6.45, 7) is 4.23. The van der Waals surface area contributed by atoms with Crippen LogP contribution in [0.5, 0.6) is 11.5 Å². The minimum atomic E-state index is -0.489. The minimum absolute atomic E-state index is 0.0509. The molecule has 0 fully saturated rings. The van der Waals surface area contributed by atoms with Gasteiger partial charge in [0.2, 0.25) is 0 Å². The van der Waals surface area contributed by atoms with Gasteiger partial charge in [-0.1, -0.05) is 26.0 Å². The lowest BCUT2D eigenvalue weighted by Gasteiger charge is -2.10. The van der Waals surface area contributed by atoms with Crippen molar-refractivity contribution in [3.8, 4) is 11.5 Å². The summed E-state index contributed by atoms with van der Waals surface area (Å²) in [5, 5.41) is 10.6. The average Bonchev–Trinajstić information content (AvgIpc) is 2.41. The molecule has 20 heavy (non-hydrogen) atoms. The molecule has 0 aliphatic heterocycles. The van der Waals surface area contributed by atoms with E-state index in [9.17, 15) is 10.1 Å². The molecule has 5 heteroatoms. The molecule has 0 atom stereocenters. The highest BCUT2D eigenvalue weighted by Crippen LogP contribution is 2.31. The summed E-state index contributed by atoms with van der Waals surface area (Å²) in [7, 11) is 0. The number of hydrogen-bond donors (Lipinski definition) is 1. The van der Waals surface area contributed by atoms with Gasteiger partial charge >= 0.3 is 0 Å². The second kappa shape index (κ2) is 5.61. The number of nitrogen functional groups attached to an aromatic ring is 1. The molecule has 2 N–H and O–H groups in total. The van der Waals surface area contributed by atoms with Crippen LogP contribution in [0.25, 0.3) is 0 Å². The van der Waals surface area contributed by atoms with E-state index in [2.05, 4.69) is 13.8 Å². The van der Waals surface area contributed by atoms with Crippen molar-refractivity contribution in [3.63, 3.8) is 0 Å². The van der Waals surface area contributed by atoms with Crippen LogP contribution in [-0.2, 0) is 0 Å². The van der Waals surface area contributed by atoms with Crippen LogP contribution < -0.4 is 10.5 Å². The largest absolute Gasteiger partial charge is 0.455 e. The van der Waals surface area contributed by atoms with E-state index in [1.54, 1.807) is 0 Å². The zero-order valence-corrected chi connectivity index (χ0v) is 11.4. The van der Waals surface area contributed by atoms with Crippen LogP contribution in [0.1, 0.15) is 25.3 Å². The van der Waals surface area contributed by atoms with Crippen LogP contribution in [0.3, 0.4) is 0 Å². The Morgan fingerprint density at radius 2 is 1.80 bits per heavy atom. The van der Waals surface area contributed by atoms with Gasteiger partial charge in [-0.05, 0) is 29.7 Å². The fraction of sp³-hybridized carbons (Fsp3) is 0.200. The van der Waals surface area contributed by atoms with E-state index in [-0.39, 0.29) is 11.4 Å². The van der Waals surface area contributed by atoms with Crippen LogP contribution in [0, 0.1) is 10.1 Å². The third-order valence-corrected chi connectivity index (χ3v) is 2.98. The minimum Gasteiger partial charge on any atom is -0.455 e. The number of nitrogens with zero attached hydrogens (tertiary/aromatic N) is 1. The van der Waals surface area contributed by atoms with Gasteiger partial charge in [0.25, 0.3) is 5.69 Å². The summed E-state index contributed by atoms with van der Waals surface area (Å²) >= 11 is 0. The molecule has 0 saturated carbocycles. The molecular formula is C15H16N2O3. The second-order valence-corrected chi connectivity index (χ2v) is 4.81. The molecule has 0 aromatic heterocycles. The predicted octanol–water partition coefficient (Wildman–Crippen LogP) is 4.09. The maximum absolute atomic E-state index is 10.6. The molecule has 104 valence electrons. The Morgan fingerprint density at radius 3 is 2.30 bits per heavy atom. The van der Waals surface area contributed by atoms with Gasteiger partial charge in [0.05, 0.1) is 10.6 Å². The predicted molar refractivity (Wildman–Crippen MR) is 78.1 cm³/mol. The van der Waals surface area contributed by atoms with Crippen molar-refractivity contribution in [1.82, 2.24) is 0 Å². The third kappa shape index (κ3) is 3.06. The lowest BCUT2D eigenvalue weighted by atomic mass is 10.0. The second-order valence-electron chi connectivity index (χ2n) is 4.81. The fourth-order valence-corrected chi connectivity index (χ4v) is 1.79. The molecule has 0 heterocycles. The van der Waals surface area contributed by atoms with Crippen LogP contribution >= 0.6 is 0 Å². The highest BCUT2D eigenvalue weighted by atomic mass is 16.6. The fourth-order valence-electron chi connectivity index (χ4n) is 1.79. The smallest absolute Gasteiger partial charge is 0.271 e. The maximum Gasteiger partial charge on any atom is 0.271 e. The number of nitro benzene ring substituents is 1. The Kier molecular flexibility index (Phi) is 3.89. The Bertz CT molecular complexity index is 622. The zero-order chi connectivity index (χ0) is 14.7. The number of anilines is 1. The van der Waals surface area contributed by atoms with Crippen molar-refractivity contribution in [3.05, 3.63) is 58.1 Å². The monoisotopic (exact) mass is 272 g/mol. The average molecular weight is 272 g/mol. The van der Waals surface area contributed by atoms with Crippen molar-refractivity contribution in [2.45, 2.75) is 19.8 Å². The number of rotatable bonds is 4. The van der Waals surface area contributed by atoms with Crippen molar-refractivity contribution in [2.75, 3.05) is 5.73 Å². The number of ether oxygens (including phenoxy) is 1. The Labute approximate surface area is 117 Å². The van der Waals surface area contributed by atoms with Gasteiger partial charge in [-0.2, -0.15) is 0 Å². The van der Waals surface area contributed by atoms with Crippen LogP contribution in [0.2, 0.25) is 0 Å². The van der Waals surface area contributed by atoms with E-state index in [4.69, 9.17) is 10.5 Å². The molecular weight excluding hydrogens is 256 g/mol. The summed E-state index contributed by atoms with van der Waals surface area (Å²) in [6, 6.07) is 11.9. The highest BCUT2D eigenvalue weighted by Gasteiger charge is 2.10. The van der Waals surface area contributed by atoms with E-state index in [1.165, 1.54) is 23.8 Å². The summed E-state index contributed by atoms with van der Waals surface area (Å²) < 4.78 is 5.63. The molecule has 0 aliphatic carbocycles. The first-order valence-corrected chi connectivity index (χ1v) is 6.29. The van der Waals surface area contributed by atoms with Gasteiger partial charge in [-0.3, -0.25) is 10.1 Å². The first-order chi connectivity index (χ1) is 9.47. The Balaban J connectivity index is 2.19. The normalized spacial score (nSPS) is 10.6. The van der Waals surface area contributed by atoms with Crippen molar-refractivity contribution in [2.24, 2.45) is 0 Å². The number of hydrogen-bond acceptors (Lipinski definition) is 4. The van der Waals surface area contributed by atoms with E-state index >= 15 is 0 Å². The molecule has 0 spiro atoms. The third-order valence-electron chi connectivity index (χ3n) is 2.98. The number of benzene rings is 2. The molecule has 0 unspecified atom stereocenters. The molecule has 2 aromatic carbocycles. The number of non-ortho nitro benzene ring substituents is 1. The van der Waals surface area contributed by atoms with E-state index in [0.717, 1.165) is 0 Å². The van der Waals surface area contributed by atoms with Gasteiger partial charge in [-0.25, -0.2) is 0 Å². The first-order valence-electron chi connectivity index (χ1n) is 6.29.